The summed E-state index contributed by atoms with van der Waals surface area (Å²) in [7, 11) is 1.23. The van der Waals surface area contributed by atoms with Crippen molar-refractivity contribution in [1.82, 2.24) is 4.98 Å². The smallest absolute Gasteiger partial charge is 0.360 e. The van der Waals surface area contributed by atoms with E-state index in [1.165, 1.54) is 12.5 Å². The molecule has 6 nitrogen and oxygen atoms in total. The van der Waals surface area contributed by atoms with E-state index < -0.39 is 5.97 Å². The molecule has 0 saturated heterocycles. The highest BCUT2D eigenvalue weighted by Gasteiger charge is 2.15. The van der Waals surface area contributed by atoms with Gasteiger partial charge in [0.1, 0.15) is 7.11 Å². The quantitative estimate of drug-likeness (QED) is 0.527. The van der Waals surface area contributed by atoms with Gasteiger partial charge in [-0.3, -0.25) is 4.79 Å². The summed E-state index contributed by atoms with van der Waals surface area (Å²) in [5.41, 5.74) is -0.176. The molecule has 13 heavy (non-hydrogen) atoms. The van der Waals surface area contributed by atoms with E-state index in [0.717, 1.165) is 11.3 Å². The SMILES string of the molecule is CON=C(C(=O)O)c1csc(=O)[nH]1. The van der Waals surface area contributed by atoms with Crippen LogP contribution in [0, 0.1) is 0 Å². The Morgan fingerprint density at radius 2 is 2.46 bits per heavy atom. The number of oxime groups is 1. The fourth-order valence-electron chi connectivity index (χ4n) is 0.691. The first-order valence-electron chi connectivity index (χ1n) is 3.17. The number of carboxylic acid groups (broad SMARTS) is 1. The van der Waals surface area contributed by atoms with Gasteiger partial charge in [-0.05, 0) is 0 Å². The molecule has 0 aromatic carbocycles. The van der Waals surface area contributed by atoms with E-state index in [-0.39, 0.29) is 16.3 Å². The van der Waals surface area contributed by atoms with Gasteiger partial charge in [-0.25, -0.2) is 4.79 Å². The lowest BCUT2D eigenvalue weighted by atomic mass is 10.3. The molecule has 0 aliphatic rings. The van der Waals surface area contributed by atoms with Gasteiger partial charge in [0.05, 0.1) is 5.69 Å². The lowest BCUT2D eigenvalue weighted by Crippen LogP contribution is -2.16. The molecule has 0 bridgehead atoms. The average Bonchev–Trinajstić information content (AvgIpc) is 2.46. The summed E-state index contributed by atoms with van der Waals surface area (Å²) in [6.07, 6.45) is 0. The highest BCUT2D eigenvalue weighted by Crippen LogP contribution is 1.99. The first-order valence-corrected chi connectivity index (χ1v) is 4.05. The Balaban J connectivity index is 3.09. The first-order chi connectivity index (χ1) is 6.15. The van der Waals surface area contributed by atoms with Crippen LogP contribution in [0.3, 0.4) is 0 Å². The molecule has 0 fully saturated rings. The first kappa shape index (κ1) is 9.46. The Labute approximate surface area is 76.5 Å². The predicted octanol–water partition coefficient (Wildman–Crippen LogP) is -0.128. The van der Waals surface area contributed by atoms with Crippen LogP contribution in [0.25, 0.3) is 0 Å². The number of nitrogens with one attached hydrogen (secondary N) is 1. The molecule has 0 aliphatic carbocycles. The van der Waals surface area contributed by atoms with Crippen molar-refractivity contribution in [3.63, 3.8) is 0 Å². The average molecular weight is 202 g/mol. The summed E-state index contributed by atoms with van der Waals surface area (Å²) in [5, 5.41) is 13.3. The fourth-order valence-corrected chi connectivity index (χ4v) is 1.26. The molecule has 0 atom stereocenters. The van der Waals surface area contributed by atoms with Gasteiger partial charge in [0.15, 0.2) is 0 Å². The Bertz CT molecular complexity index is 391. The zero-order valence-electron chi connectivity index (χ0n) is 6.60. The minimum Gasteiger partial charge on any atom is -0.476 e. The monoisotopic (exact) mass is 202 g/mol. The van der Waals surface area contributed by atoms with E-state index in [1.54, 1.807) is 0 Å². The molecule has 7 heteroatoms. The van der Waals surface area contributed by atoms with Gasteiger partial charge in [-0.15, -0.1) is 0 Å². The summed E-state index contributed by atoms with van der Waals surface area (Å²) >= 11 is 0.865. The van der Waals surface area contributed by atoms with Gasteiger partial charge in [0, 0.05) is 5.38 Å². The number of nitrogens with zero attached hydrogens (tertiary/aromatic N) is 1. The molecule has 0 amide bonds. The second-order valence-corrected chi connectivity index (χ2v) is 2.83. The number of hydrogen-bond donors (Lipinski definition) is 2. The van der Waals surface area contributed by atoms with Crippen LogP contribution < -0.4 is 4.87 Å². The van der Waals surface area contributed by atoms with Crippen LogP contribution in [0.2, 0.25) is 0 Å². The van der Waals surface area contributed by atoms with Crippen LogP contribution in [-0.2, 0) is 9.63 Å². The number of H-pyrrole nitrogens is 1. The Hall–Kier alpha value is -1.63. The van der Waals surface area contributed by atoms with Crippen molar-refractivity contribution < 1.29 is 14.7 Å². The third kappa shape index (κ3) is 2.15. The molecule has 0 spiro atoms. The number of aromatic amines is 1. The molecule has 70 valence electrons. The molecule has 0 radical (unpaired) electrons. The maximum atomic E-state index is 10.7. The van der Waals surface area contributed by atoms with Crippen LogP contribution in [0.1, 0.15) is 5.69 Å². The summed E-state index contributed by atoms with van der Waals surface area (Å²) in [6, 6.07) is 0. The van der Waals surface area contributed by atoms with Crippen molar-refractivity contribution in [2.24, 2.45) is 5.16 Å². The molecule has 1 aromatic heterocycles. The molecule has 0 unspecified atom stereocenters. The number of carboxylic acids is 1. The Morgan fingerprint density at radius 3 is 2.85 bits per heavy atom. The number of aliphatic carboxylic acids is 1. The van der Waals surface area contributed by atoms with E-state index in [9.17, 15) is 9.59 Å². The maximum absolute atomic E-state index is 10.7. The maximum Gasteiger partial charge on any atom is 0.360 e. The van der Waals surface area contributed by atoms with Crippen molar-refractivity contribution >= 4 is 23.0 Å². The van der Waals surface area contributed by atoms with Gasteiger partial charge in [-0.1, -0.05) is 16.5 Å². The minimum absolute atomic E-state index is 0.143. The van der Waals surface area contributed by atoms with E-state index in [4.69, 9.17) is 5.11 Å². The van der Waals surface area contributed by atoms with Crippen LogP contribution in [-0.4, -0.2) is 28.9 Å². The summed E-state index contributed by atoms with van der Waals surface area (Å²) < 4.78 is 0. The minimum atomic E-state index is -1.25. The Kier molecular flexibility index (Phi) is 2.80. The summed E-state index contributed by atoms with van der Waals surface area (Å²) in [5.74, 6) is -1.25. The number of rotatable bonds is 3. The largest absolute Gasteiger partial charge is 0.476 e. The second-order valence-electron chi connectivity index (χ2n) is 1.99. The van der Waals surface area contributed by atoms with Gasteiger partial charge in [0.25, 0.3) is 0 Å². The van der Waals surface area contributed by atoms with Crippen molar-refractivity contribution in [2.45, 2.75) is 0 Å². The van der Waals surface area contributed by atoms with Crippen molar-refractivity contribution in [3.05, 3.63) is 20.7 Å². The molecule has 1 heterocycles. The van der Waals surface area contributed by atoms with Crippen LogP contribution in [0.15, 0.2) is 15.3 Å². The van der Waals surface area contributed by atoms with Gasteiger partial charge >= 0.3 is 10.8 Å². The van der Waals surface area contributed by atoms with Crippen LogP contribution in [0.5, 0.6) is 0 Å². The zero-order chi connectivity index (χ0) is 9.84. The van der Waals surface area contributed by atoms with E-state index in [1.807, 2.05) is 0 Å². The molecular weight excluding hydrogens is 196 g/mol. The van der Waals surface area contributed by atoms with Crippen LogP contribution >= 0.6 is 11.3 Å². The van der Waals surface area contributed by atoms with E-state index in [2.05, 4.69) is 15.0 Å². The van der Waals surface area contributed by atoms with Gasteiger partial charge in [-0.2, -0.15) is 0 Å². The van der Waals surface area contributed by atoms with Gasteiger partial charge in [0.2, 0.25) is 5.71 Å². The topological polar surface area (TPSA) is 91.8 Å². The molecule has 0 aliphatic heterocycles. The third-order valence-electron chi connectivity index (χ3n) is 1.16. The highest BCUT2D eigenvalue weighted by molar-refractivity contribution is 7.07. The van der Waals surface area contributed by atoms with Crippen molar-refractivity contribution in [2.75, 3.05) is 7.11 Å². The fraction of sp³-hybridized carbons (Fsp3) is 0.167. The third-order valence-corrected chi connectivity index (χ3v) is 1.83. The predicted molar refractivity (Wildman–Crippen MR) is 46.1 cm³/mol. The number of thiazole rings is 1. The summed E-state index contributed by atoms with van der Waals surface area (Å²) in [4.78, 5) is 27.6. The lowest BCUT2D eigenvalue weighted by molar-refractivity contribution is -0.129. The van der Waals surface area contributed by atoms with Crippen molar-refractivity contribution in [1.29, 1.82) is 0 Å². The highest BCUT2D eigenvalue weighted by atomic mass is 32.1. The number of hydrogen-bond acceptors (Lipinski definition) is 5. The standard InChI is InChI=1S/C6H6N2O4S/c1-12-8-4(5(9)10)3-2-13-6(11)7-3/h2H,1H3,(H,7,11)(H,9,10). The molecule has 1 aromatic rings. The van der Waals surface area contributed by atoms with E-state index in [0.29, 0.717) is 0 Å². The number of aromatic nitrogens is 1. The summed E-state index contributed by atoms with van der Waals surface area (Å²) in [6.45, 7) is 0. The normalized spacial score (nSPS) is 11.3. The zero-order valence-corrected chi connectivity index (χ0v) is 7.42. The van der Waals surface area contributed by atoms with E-state index >= 15 is 0 Å². The number of carbonyl (C=O) groups is 1. The Morgan fingerprint density at radius 1 is 1.77 bits per heavy atom. The second kappa shape index (κ2) is 3.85. The molecule has 2 N–H and O–H groups in total. The molecular formula is C6H6N2O4S. The molecule has 1 rings (SSSR count). The lowest BCUT2D eigenvalue weighted by Gasteiger charge is -1.94. The van der Waals surface area contributed by atoms with Gasteiger partial charge < -0.3 is 14.9 Å². The molecule has 0 saturated carbocycles. The van der Waals surface area contributed by atoms with Crippen molar-refractivity contribution in [3.8, 4) is 0 Å². The van der Waals surface area contributed by atoms with Crippen LogP contribution in [0.4, 0.5) is 0 Å².